The summed E-state index contributed by atoms with van der Waals surface area (Å²) in [6, 6.07) is 11.2. The van der Waals surface area contributed by atoms with Gasteiger partial charge in [-0.25, -0.2) is 0 Å². The topological polar surface area (TPSA) is 109 Å². The van der Waals surface area contributed by atoms with E-state index in [1.807, 2.05) is 54.8 Å². The van der Waals surface area contributed by atoms with Crippen LogP contribution in [0.25, 0.3) is 17.2 Å². The third-order valence-electron chi connectivity index (χ3n) is 5.29. The number of anilines is 1. The lowest BCUT2D eigenvalue weighted by Gasteiger charge is -2.22. The number of pyridine rings is 1. The minimum absolute atomic E-state index is 0.0416. The summed E-state index contributed by atoms with van der Waals surface area (Å²) in [6.45, 7) is 3.94. The SMILES string of the molecule is COc1cccc(OC)c1-n1c(NS[C@@H](C)C(OC)c2cnc(C)cn2)nnc1-c1ccccn1. The molecule has 0 bridgehead atoms. The molecule has 0 aliphatic heterocycles. The predicted molar refractivity (Wildman–Crippen MR) is 135 cm³/mol. The molecule has 0 amide bonds. The molecular weight excluding hydrogens is 466 g/mol. The zero-order valence-electron chi connectivity index (χ0n) is 20.2. The lowest BCUT2D eigenvalue weighted by Crippen LogP contribution is -2.18. The highest BCUT2D eigenvalue weighted by atomic mass is 32.2. The van der Waals surface area contributed by atoms with Gasteiger partial charge in [-0.2, -0.15) is 0 Å². The van der Waals surface area contributed by atoms with Gasteiger partial charge in [0.05, 0.1) is 37.1 Å². The van der Waals surface area contributed by atoms with E-state index in [1.54, 1.807) is 39.9 Å². The molecule has 0 radical (unpaired) electrons. The average Bonchev–Trinajstić information content (AvgIpc) is 3.32. The van der Waals surface area contributed by atoms with Crippen molar-refractivity contribution >= 4 is 17.9 Å². The van der Waals surface area contributed by atoms with Crippen LogP contribution in [0.4, 0.5) is 5.95 Å². The van der Waals surface area contributed by atoms with Gasteiger partial charge in [0, 0.05) is 19.5 Å². The van der Waals surface area contributed by atoms with Crippen molar-refractivity contribution in [1.29, 1.82) is 0 Å². The second-order valence-corrected chi connectivity index (χ2v) is 8.76. The first kappa shape index (κ1) is 24.4. The van der Waals surface area contributed by atoms with E-state index in [4.69, 9.17) is 14.2 Å². The van der Waals surface area contributed by atoms with E-state index in [1.165, 1.54) is 11.9 Å². The Balaban J connectivity index is 1.71. The van der Waals surface area contributed by atoms with Crippen molar-refractivity contribution in [1.82, 2.24) is 29.7 Å². The van der Waals surface area contributed by atoms with Gasteiger partial charge in [0.25, 0.3) is 0 Å². The van der Waals surface area contributed by atoms with Gasteiger partial charge in [0.1, 0.15) is 29.0 Å². The van der Waals surface area contributed by atoms with Crippen LogP contribution >= 0.6 is 11.9 Å². The molecule has 3 heterocycles. The van der Waals surface area contributed by atoms with E-state index in [0.717, 1.165) is 11.4 Å². The van der Waals surface area contributed by atoms with Gasteiger partial charge in [-0.1, -0.05) is 12.1 Å². The van der Waals surface area contributed by atoms with E-state index < -0.39 is 0 Å². The quantitative estimate of drug-likeness (QED) is 0.321. The first-order valence-corrected chi connectivity index (χ1v) is 11.8. The van der Waals surface area contributed by atoms with Gasteiger partial charge in [-0.05, 0) is 50.1 Å². The van der Waals surface area contributed by atoms with Crippen LogP contribution in [0.5, 0.6) is 11.5 Å². The van der Waals surface area contributed by atoms with Crippen molar-refractivity contribution in [3.05, 3.63) is 66.4 Å². The fraction of sp³-hybridized carbons (Fsp3) is 0.292. The largest absolute Gasteiger partial charge is 0.494 e. The molecule has 0 saturated carbocycles. The number of aryl methyl sites for hydroxylation is 1. The number of rotatable bonds is 10. The molecule has 0 aliphatic carbocycles. The molecule has 10 nitrogen and oxygen atoms in total. The third kappa shape index (κ3) is 5.20. The van der Waals surface area contributed by atoms with Crippen molar-refractivity contribution in [2.24, 2.45) is 0 Å². The van der Waals surface area contributed by atoms with Crippen LogP contribution in [0.15, 0.2) is 55.0 Å². The van der Waals surface area contributed by atoms with Crippen LogP contribution in [-0.2, 0) is 4.74 Å². The highest BCUT2D eigenvalue weighted by molar-refractivity contribution is 8.01. The summed E-state index contributed by atoms with van der Waals surface area (Å²) in [5.74, 6) is 2.23. The molecule has 1 N–H and O–H groups in total. The minimum Gasteiger partial charge on any atom is -0.494 e. The number of nitrogens with one attached hydrogen (secondary N) is 1. The van der Waals surface area contributed by atoms with Crippen molar-refractivity contribution < 1.29 is 14.2 Å². The van der Waals surface area contributed by atoms with Gasteiger partial charge in [-0.3, -0.25) is 24.2 Å². The number of hydrogen-bond acceptors (Lipinski definition) is 10. The molecule has 1 aromatic carbocycles. The van der Waals surface area contributed by atoms with E-state index in [2.05, 4.69) is 29.9 Å². The smallest absolute Gasteiger partial charge is 0.239 e. The molecule has 0 spiro atoms. The molecule has 3 aromatic heterocycles. The molecule has 1 unspecified atom stereocenters. The second kappa shape index (κ2) is 11.2. The molecule has 0 aliphatic rings. The first-order chi connectivity index (χ1) is 17.1. The molecule has 0 fully saturated rings. The lowest BCUT2D eigenvalue weighted by molar-refractivity contribution is 0.101. The Bertz CT molecular complexity index is 1230. The number of ether oxygens (including phenoxy) is 3. The maximum absolute atomic E-state index is 5.73. The molecule has 0 saturated heterocycles. The third-order valence-corrected chi connectivity index (χ3v) is 6.21. The maximum atomic E-state index is 5.73. The number of nitrogens with zero attached hydrogens (tertiary/aromatic N) is 6. The predicted octanol–water partition coefficient (Wildman–Crippen LogP) is 4.28. The molecule has 35 heavy (non-hydrogen) atoms. The van der Waals surface area contributed by atoms with Crippen LogP contribution in [0.2, 0.25) is 0 Å². The molecular formula is C24H27N7O3S. The van der Waals surface area contributed by atoms with Gasteiger partial charge >= 0.3 is 0 Å². The van der Waals surface area contributed by atoms with Crippen LogP contribution in [-0.4, -0.2) is 56.3 Å². The van der Waals surface area contributed by atoms with Gasteiger partial charge in [-0.15, -0.1) is 10.2 Å². The van der Waals surface area contributed by atoms with E-state index in [0.29, 0.717) is 34.7 Å². The van der Waals surface area contributed by atoms with E-state index in [-0.39, 0.29) is 11.4 Å². The Morgan fingerprint density at radius 3 is 2.29 bits per heavy atom. The summed E-state index contributed by atoms with van der Waals surface area (Å²) in [4.78, 5) is 13.3. The highest BCUT2D eigenvalue weighted by Crippen LogP contribution is 2.38. The number of aromatic nitrogens is 6. The Labute approximate surface area is 208 Å². The van der Waals surface area contributed by atoms with Crippen LogP contribution < -0.4 is 14.2 Å². The monoisotopic (exact) mass is 493 g/mol. The van der Waals surface area contributed by atoms with Crippen LogP contribution in [0.3, 0.4) is 0 Å². The highest BCUT2D eigenvalue weighted by Gasteiger charge is 2.26. The average molecular weight is 494 g/mol. The van der Waals surface area contributed by atoms with Gasteiger partial charge in [0.15, 0.2) is 5.82 Å². The Kier molecular flexibility index (Phi) is 7.78. The minimum atomic E-state index is -0.284. The van der Waals surface area contributed by atoms with Crippen molar-refractivity contribution in [3.63, 3.8) is 0 Å². The molecule has 2 atom stereocenters. The summed E-state index contributed by atoms with van der Waals surface area (Å²) in [5.41, 5.74) is 2.92. The normalized spacial score (nSPS) is 12.7. The number of para-hydroxylation sites is 1. The number of hydrogen-bond donors (Lipinski definition) is 1. The zero-order chi connectivity index (χ0) is 24.8. The van der Waals surface area contributed by atoms with Crippen molar-refractivity contribution in [2.45, 2.75) is 25.2 Å². The van der Waals surface area contributed by atoms with Crippen LogP contribution in [0.1, 0.15) is 24.4 Å². The van der Waals surface area contributed by atoms with E-state index in [9.17, 15) is 0 Å². The molecule has 11 heteroatoms. The van der Waals surface area contributed by atoms with E-state index >= 15 is 0 Å². The standard InChI is InChI=1S/C24H27N7O3S/c1-15-13-27-18(14-26-15)22(34-5)16(2)35-30-24-29-28-23(17-9-6-7-12-25-17)31(24)21-19(32-3)10-8-11-20(21)33-4/h6-14,16,22H,1-5H3,(H,29,30)/t16-,22?/m0/s1. The molecule has 4 aromatic rings. The second-order valence-electron chi connectivity index (χ2n) is 7.57. The van der Waals surface area contributed by atoms with Gasteiger partial charge < -0.3 is 14.2 Å². The Morgan fingerprint density at radius 2 is 1.69 bits per heavy atom. The lowest BCUT2D eigenvalue weighted by atomic mass is 10.2. The molecule has 182 valence electrons. The van der Waals surface area contributed by atoms with Crippen molar-refractivity contribution in [2.75, 3.05) is 26.1 Å². The fourth-order valence-corrected chi connectivity index (χ4v) is 4.38. The maximum Gasteiger partial charge on any atom is 0.239 e. The summed E-state index contributed by atoms with van der Waals surface area (Å²) in [7, 11) is 4.88. The number of methoxy groups -OCH3 is 3. The Morgan fingerprint density at radius 1 is 0.914 bits per heavy atom. The number of benzene rings is 1. The van der Waals surface area contributed by atoms with Gasteiger partial charge in [0.2, 0.25) is 5.95 Å². The Hall–Kier alpha value is -3.70. The summed E-state index contributed by atoms with van der Waals surface area (Å²) in [5, 5.41) is 8.81. The van der Waals surface area contributed by atoms with Crippen LogP contribution in [0, 0.1) is 6.92 Å². The van der Waals surface area contributed by atoms with Crippen molar-refractivity contribution in [3.8, 4) is 28.7 Å². The summed E-state index contributed by atoms with van der Waals surface area (Å²) >= 11 is 1.44. The fourth-order valence-electron chi connectivity index (χ4n) is 3.58. The zero-order valence-corrected chi connectivity index (χ0v) is 21.0. The first-order valence-electron chi connectivity index (χ1n) is 10.9. The summed E-state index contributed by atoms with van der Waals surface area (Å²) < 4.78 is 22.2. The molecule has 4 rings (SSSR count). The summed E-state index contributed by atoms with van der Waals surface area (Å²) in [6.07, 6.45) is 4.90.